The lowest BCUT2D eigenvalue weighted by Gasteiger charge is -2.14. The predicted molar refractivity (Wildman–Crippen MR) is 88.8 cm³/mol. The molecule has 0 unspecified atom stereocenters. The van der Waals surface area contributed by atoms with Crippen LogP contribution in [0.4, 0.5) is 5.69 Å². The number of nitrogens with one attached hydrogen (secondary N) is 1. The van der Waals surface area contributed by atoms with Gasteiger partial charge in [-0.3, -0.25) is 4.79 Å². The lowest BCUT2D eigenvalue weighted by molar-refractivity contribution is -0.123. The second-order valence-corrected chi connectivity index (χ2v) is 5.83. The minimum Gasteiger partial charge on any atom is -0.449 e. The van der Waals surface area contributed by atoms with Gasteiger partial charge in [0.05, 0.1) is 5.56 Å². The molecule has 2 rings (SSSR count). The van der Waals surface area contributed by atoms with Crippen LogP contribution in [0.3, 0.4) is 0 Å². The number of benzene rings is 2. The molecule has 0 heterocycles. The molecule has 0 aliphatic rings. The summed E-state index contributed by atoms with van der Waals surface area (Å²) in [5, 5.41) is 2.72. The normalized spacial score (nSPS) is 11.6. The van der Waals surface area contributed by atoms with E-state index in [4.69, 9.17) is 4.74 Å². The van der Waals surface area contributed by atoms with E-state index in [9.17, 15) is 9.59 Å². The molecule has 0 fully saturated rings. The number of amides is 1. The van der Waals surface area contributed by atoms with E-state index >= 15 is 0 Å². The Morgan fingerprint density at radius 1 is 1.14 bits per heavy atom. The number of anilines is 1. The Kier molecular flexibility index (Phi) is 5.33. The second-order valence-electron chi connectivity index (χ2n) is 4.91. The van der Waals surface area contributed by atoms with Gasteiger partial charge >= 0.3 is 5.97 Å². The maximum atomic E-state index is 12.0. The lowest BCUT2D eigenvalue weighted by atomic mass is 10.2. The molecule has 0 radical (unpaired) electrons. The van der Waals surface area contributed by atoms with Gasteiger partial charge in [-0.05, 0) is 55.8 Å². The summed E-state index contributed by atoms with van der Waals surface area (Å²) >= 11 is 3.30. The molecule has 5 heteroatoms. The molecule has 2 aromatic carbocycles. The molecular weight excluding hydrogens is 346 g/mol. The van der Waals surface area contributed by atoms with Crippen LogP contribution >= 0.6 is 15.9 Å². The zero-order chi connectivity index (χ0) is 16.1. The molecule has 0 aliphatic carbocycles. The number of rotatable bonds is 4. The summed E-state index contributed by atoms with van der Waals surface area (Å²) in [6.07, 6.45) is -0.878. The fourth-order valence-electron chi connectivity index (χ4n) is 1.83. The Bertz CT molecular complexity index is 683. The molecule has 0 aliphatic heterocycles. The van der Waals surface area contributed by atoms with Crippen LogP contribution < -0.4 is 5.32 Å². The van der Waals surface area contributed by atoms with Crippen molar-refractivity contribution in [3.63, 3.8) is 0 Å². The molecule has 1 atom stereocenters. The van der Waals surface area contributed by atoms with Crippen LogP contribution in [0.2, 0.25) is 0 Å². The van der Waals surface area contributed by atoms with Crippen molar-refractivity contribution in [1.29, 1.82) is 0 Å². The summed E-state index contributed by atoms with van der Waals surface area (Å²) in [5.74, 6) is -0.893. The highest BCUT2D eigenvalue weighted by Gasteiger charge is 2.19. The number of aryl methyl sites for hydroxylation is 1. The smallest absolute Gasteiger partial charge is 0.338 e. The lowest BCUT2D eigenvalue weighted by Crippen LogP contribution is -2.30. The van der Waals surface area contributed by atoms with Crippen LogP contribution in [0.1, 0.15) is 22.8 Å². The van der Waals surface area contributed by atoms with E-state index in [-0.39, 0.29) is 5.91 Å². The van der Waals surface area contributed by atoms with Crippen molar-refractivity contribution in [3.8, 4) is 0 Å². The Balaban J connectivity index is 1.96. The highest BCUT2D eigenvalue weighted by Crippen LogP contribution is 2.13. The Morgan fingerprint density at radius 2 is 1.82 bits per heavy atom. The van der Waals surface area contributed by atoms with Crippen molar-refractivity contribution >= 4 is 33.5 Å². The minimum absolute atomic E-state index is 0.365. The van der Waals surface area contributed by atoms with Gasteiger partial charge in [0.25, 0.3) is 5.91 Å². The molecule has 0 spiro atoms. The maximum Gasteiger partial charge on any atom is 0.338 e. The minimum atomic E-state index is -0.878. The first-order valence-electron chi connectivity index (χ1n) is 6.80. The number of esters is 1. The molecule has 2 aromatic rings. The zero-order valence-corrected chi connectivity index (χ0v) is 13.9. The maximum absolute atomic E-state index is 12.0. The van der Waals surface area contributed by atoms with E-state index in [0.717, 1.165) is 10.0 Å². The third kappa shape index (κ3) is 4.43. The molecule has 22 heavy (non-hydrogen) atoms. The third-order valence-corrected chi connectivity index (χ3v) is 3.55. The van der Waals surface area contributed by atoms with Crippen LogP contribution in [0, 0.1) is 6.92 Å². The summed E-state index contributed by atoms with van der Waals surface area (Å²) in [5.41, 5.74) is 2.12. The monoisotopic (exact) mass is 361 g/mol. The summed E-state index contributed by atoms with van der Waals surface area (Å²) in [4.78, 5) is 24.0. The average Bonchev–Trinajstić information content (AvgIpc) is 2.47. The highest BCUT2D eigenvalue weighted by atomic mass is 79.9. The van der Waals surface area contributed by atoms with Crippen molar-refractivity contribution in [3.05, 3.63) is 64.1 Å². The van der Waals surface area contributed by atoms with E-state index in [2.05, 4.69) is 21.2 Å². The van der Waals surface area contributed by atoms with E-state index < -0.39 is 12.1 Å². The van der Waals surface area contributed by atoms with Gasteiger partial charge in [-0.15, -0.1) is 0 Å². The van der Waals surface area contributed by atoms with Crippen LogP contribution in [0.15, 0.2) is 53.0 Å². The van der Waals surface area contributed by atoms with Gasteiger partial charge in [0.15, 0.2) is 6.10 Å². The van der Waals surface area contributed by atoms with Gasteiger partial charge in [0.2, 0.25) is 0 Å². The predicted octanol–water partition coefficient (Wildman–Crippen LogP) is 3.94. The molecule has 0 aromatic heterocycles. The van der Waals surface area contributed by atoms with Crippen molar-refractivity contribution in [2.45, 2.75) is 20.0 Å². The molecule has 0 bridgehead atoms. The number of hydrogen-bond donors (Lipinski definition) is 1. The van der Waals surface area contributed by atoms with Crippen molar-refractivity contribution in [2.75, 3.05) is 5.32 Å². The molecule has 1 N–H and O–H groups in total. The first-order chi connectivity index (χ1) is 10.5. The number of carbonyl (C=O) groups is 2. The summed E-state index contributed by atoms with van der Waals surface area (Å²) in [7, 11) is 0. The molecule has 114 valence electrons. The van der Waals surface area contributed by atoms with Gasteiger partial charge in [-0.25, -0.2) is 4.79 Å². The topological polar surface area (TPSA) is 55.4 Å². The second kappa shape index (κ2) is 7.22. The quantitative estimate of drug-likeness (QED) is 0.839. The van der Waals surface area contributed by atoms with E-state index in [1.165, 1.54) is 0 Å². The molecule has 0 saturated carbocycles. The molecule has 0 saturated heterocycles. The zero-order valence-electron chi connectivity index (χ0n) is 12.3. The van der Waals surface area contributed by atoms with Crippen molar-refractivity contribution in [1.82, 2.24) is 0 Å². The summed E-state index contributed by atoms with van der Waals surface area (Å²) < 4.78 is 6.04. The van der Waals surface area contributed by atoms with Gasteiger partial charge in [-0.2, -0.15) is 0 Å². The van der Waals surface area contributed by atoms with Crippen molar-refractivity contribution in [2.24, 2.45) is 0 Å². The van der Waals surface area contributed by atoms with Crippen LogP contribution in [-0.2, 0) is 9.53 Å². The van der Waals surface area contributed by atoms with E-state index in [1.807, 2.05) is 25.1 Å². The summed E-state index contributed by atoms with van der Waals surface area (Å²) in [6, 6.07) is 14.2. The fraction of sp³-hybridized carbons (Fsp3) is 0.176. The van der Waals surface area contributed by atoms with Gasteiger partial charge < -0.3 is 10.1 Å². The van der Waals surface area contributed by atoms with Gasteiger partial charge in [0.1, 0.15) is 0 Å². The molecular formula is C17H16BrNO3. The Hall–Kier alpha value is -2.14. The van der Waals surface area contributed by atoms with Gasteiger partial charge in [0, 0.05) is 10.2 Å². The standard InChI is InChI=1S/C17H16BrNO3/c1-11-4-3-5-15(10-11)19-16(20)12(2)22-17(21)13-6-8-14(18)9-7-13/h3-10,12H,1-2H3,(H,19,20)/t12-/m0/s1. The van der Waals surface area contributed by atoms with Crippen molar-refractivity contribution < 1.29 is 14.3 Å². The third-order valence-electron chi connectivity index (χ3n) is 3.02. The highest BCUT2D eigenvalue weighted by molar-refractivity contribution is 9.10. The Labute approximate surface area is 137 Å². The fourth-order valence-corrected chi connectivity index (χ4v) is 2.10. The Morgan fingerprint density at radius 3 is 2.45 bits per heavy atom. The van der Waals surface area contributed by atoms with Crippen LogP contribution in [0.25, 0.3) is 0 Å². The van der Waals surface area contributed by atoms with Crippen LogP contribution in [-0.4, -0.2) is 18.0 Å². The number of ether oxygens (including phenoxy) is 1. The first-order valence-corrected chi connectivity index (χ1v) is 7.59. The average molecular weight is 362 g/mol. The molecule has 4 nitrogen and oxygen atoms in total. The SMILES string of the molecule is Cc1cccc(NC(=O)[C@H](C)OC(=O)c2ccc(Br)cc2)c1. The largest absolute Gasteiger partial charge is 0.449 e. The van der Waals surface area contributed by atoms with E-state index in [0.29, 0.717) is 11.3 Å². The first kappa shape index (κ1) is 16.2. The van der Waals surface area contributed by atoms with Crippen LogP contribution in [0.5, 0.6) is 0 Å². The number of hydrogen-bond acceptors (Lipinski definition) is 3. The van der Waals surface area contributed by atoms with Gasteiger partial charge in [-0.1, -0.05) is 28.1 Å². The summed E-state index contributed by atoms with van der Waals surface area (Å²) in [6.45, 7) is 3.48. The number of carbonyl (C=O) groups excluding carboxylic acids is 2. The number of halogens is 1. The van der Waals surface area contributed by atoms with E-state index in [1.54, 1.807) is 37.3 Å². The molecule has 1 amide bonds.